The molecule has 0 heterocycles. The summed E-state index contributed by atoms with van der Waals surface area (Å²) in [4.78, 5) is 12.1. The highest BCUT2D eigenvalue weighted by atomic mass is 35.5. The minimum absolute atomic E-state index is 0. The maximum Gasteiger partial charge on any atom is 0.224 e. The van der Waals surface area contributed by atoms with Crippen LogP contribution >= 0.6 is 24.2 Å². The summed E-state index contributed by atoms with van der Waals surface area (Å²) in [6.45, 7) is 0. The van der Waals surface area contributed by atoms with Gasteiger partial charge in [0.1, 0.15) is 0 Å². The highest BCUT2D eigenvalue weighted by Gasteiger charge is 2.32. The summed E-state index contributed by atoms with van der Waals surface area (Å²) in [6.07, 6.45) is 10.1. The number of amides is 1. The first-order valence-electron chi connectivity index (χ1n) is 6.79. The van der Waals surface area contributed by atoms with E-state index in [1.54, 1.807) is 0 Å². The summed E-state index contributed by atoms with van der Waals surface area (Å²) in [5, 5.41) is 3.95. The first-order chi connectivity index (χ1) is 8.20. The van der Waals surface area contributed by atoms with Gasteiger partial charge in [-0.3, -0.25) is 4.79 Å². The zero-order valence-corrected chi connectivity index (χ0v) is 12.7. The molecule has 106 valence electrons. The van der Waals surface area contributed by atoms with Gasteiger partial charge in [-0.2, -0.15) is 11.8 Å². The molecule has 2 aliphatic carbocycles. The molecule has 2 rings (SSSR count). The van der Waals surface area contributed by atoms with Gasteiger partial charge >= 0.3 is 0 Å². The fraction of sp³-hybridized carbons (Fsp3) is 0.923. The van der Waals surface area contributed by atoms with Crippen LogP contribution in [0.1, 0.15) is 44.9 Å². The highest BCUT2D eigenvalue weighted by molar-refractivity contribution is 7.99. The van der Waals surface area contributed by atoms with Gasteiger partial charge in [-0.1, -0.05) is 12.8 Å². The molecule has 3 N–H and O–H groups in total. The molecule has 0 spiro atoms. The van der Waals surface area contributed by atoms with Crippen molar-refractivity contribution < 1.29 is 4.79 Å². The second kappa shape index (κ2) is 7.61. The van der Waals surface area contributed by atoms with Gasteiger partial charge in [0.2, 0.25) is 5.91 Å². The maximum absolute atomic E-state index is 12.1. The summed E-state index contributed by atoms with van der Waals surface area (Å²) in [5.41, 5.74) is 5.97. The Balaban J connectivity index is 0.00000162. The minimum Gasteiger partial charge on any atom is -0.353 e. The average Bonchev–Trinajstić information content (AvgIpc) is 2.76. The van der Waals surface area contributed by atoms with E-state index in [1.165, 1.54) is 12.8 Å². The van der Waals surface area contributed by atoms with Gasteiger partial charge in [0.25, 0.3) is 0 Å². The first-order valence-corrected chi connectivity index (χ1v) is 8.08. The highest BCUT2D eigenvalue weighted by Crippen LogP contribution is 2.28. The number of carbonyl (C=O) groups excluding carboxylic acids is 1. The van der Waals surface area contributed by atoms with E-state index in [2.05, 4.69) is 11.6 Å². The Hall–Kier alpha value is 0.0700. The van der Waals surface area contributed by atoms with Crippen molar-refractivity contribution in [3.05, 3.63) is 0 Å². The van der Waals surface area contributed by atoms with E-state index in [0.29, 0.717) is 6.04 Å². The quantitative estimate of drug-likeness (QED) is 0.839. The third-order valence-electron chi connectivity index (χ3n) is 4.21. The molecule has 1 amide bonds. The van der Waals surface area contributed by atoms with E-state index in [1.807, 2.05) is 11.8 Å². The first kappa shape index (κ1) is 16.1. The van der Waals surface area contributed by atoms with Crippen LogP contribution in [0, 0.1) is 5.92 Å². The number of carbonyl (C=O) groups is 1. The Morgan fingerprint density at radius 3 is 2.56 bits per heavy atom. The van der Waals surface area contributed by atoms with E-state index in [0.717, 1.165) is 37.4 Å². The smallest absolute Gasteiger partial charge is 0.224 e. The number of hydrogen-bond acceptors (Lipinski definition) is 3. The summed E-state index contributed by atoms with van der Waals surface area (Å²) in [7, 11) is 0. The molecule has 3 nitrogen and oxygen atoms in total. The molecule has 2 aliphatic rings. The molecule has 2 fully saturated rings. The van der Waals surface area contributed by atoms with E-state index >= 15 is 0 Å². The summed E-state index contributed by atoms with van der Waals surface area (Å²) < 4.78 is 0. The van der Waals surface area contributed by atoms with Crippen molar-refractivity contribution in [1.82, 2.24) is 5.32 Å². The molecule has 4 atom stereocenters. The lowest BCUT2D eigenvalue weighted by Crippen LogP contribution is -2.45. The summed E-state index contributed by atoms with van der Waals surface area (Å²) in [5.74, 6) is 0.284. The second-order valence-corrected chi connectivity index (χ2v) is 6.57. The molecule has 4 unspecified atom stereocenters. The van der Waals surface area contributed by atoms with Gasteiger partial charge in [0.05, 0.1) is 5.92 Å². The van der Waals surface area contributed by atoms with Crippen molar-refractivity contribution in [2.75, 3.05) is 6.26 Å². The predicted octanol–water partition coefficient (Wildman–Crippen LogP) is 2.33. The van der Waals surface area contributed by atoms with Crippen LogP contribution in [0.4, 0.5) is 0 Å². The number of hydrogen-bond donors (Lipinski definition) is 2. The number of nitrogens with one attached hydrogen (secondary N) is 1. The van der Waals surface area contributed by atoms with Crippen molar-refractivity contribution in [3.8, 4) is 0 Å². The Morgan fingerprint density at radius 1 is 1.22 bits per heavy atom. The molecule has 2 saturated carbocycles. The average molecular weight is 293 g/mol. The molecule has 5 heteroatoms. The molecule has 0 saturated heterocycles. The summed E-state index contributed by atoms with van der Waals surface area (Å²) in [6, 6.07) is 0.483. The third kappa shape index (κ3) is 4.04. The Bertz CT molecular complexity index is 278. The van der Waals surface area contributed by atoms with Gasteiger partial charge < -0.3 is 11.1 Å². The van der Waals surface area contributed by atoms with Crippen LogP contribution in [0.5, 0.6) is 0 Å². The van der Waals surface area contributed by atoms with Gasteiger partial charge in [-0.15, -0.1) is 12.4 Å². The Morgan fingerprint density at radius 2 is 1.94 bits per heavy atom. The topological polar surface area (TPSA) is 55.1 Å². The molecule has 0 aromatic carbocycles. The Kier molecular flexibility index (Phi) is 6.82. The minimum atomic E-state index is 0. The fourth-order valence-corrected chi connectivity index (χ4v) is 3.94. The van der Waals surface area contributed by atoms with Crippen LogP contribution in [0.25, 0.3) is 0 Å². The van der Waals surface area contributed by atoms with E-state index in [-0.39, 0.29) is 30.3 Å². The van der Waals surface area contributed by atoms with Crippen LogP contribution in [-0.4, -0.2) is 29.5 Å². The molecule has 0 aliphatic heterocycles. The largest absolute Gasteiger partial charge is 0.353 e. The van der Waals surface area contributed by atoms with Gasteiger partial charge in [-0.25, -0.2) is 0 Å². The fourth-order valence-electron chi connectivity index (χ4n) is 3.11. The lowest BCUT2D eigenvalue weighted by molar-refractivity contribution is -0.126. The molecule has 0 aromatic heterocycles. The van der Waals surface area contributed by atoms with Gasteiger partial charge in [0, 0.05) is 17.3 Å². The molecular weight excluding hydrogens is 268 g/mol. The standard InChI is InChI=1S/C13H24N2OS.ClH/c1-17-10-5-2-4-9(8-10)15-13(16)11-6-3-7-12(11)14;/h9-12H,2-8,14H2,1H3,(H,15,16);1H. The van der Waals surface area contributed by atoms with E-state index in [9.17, 15) is 4.79 Å². The SMILES string of the molecule is CSC1CCCC(NC(=O)C2CCCC2N)C1.Cl. The maximum atomic E-state index is 12.1. The van der Waals surface area contributed by atoms with Crippen LogP contribution in [0.2, 0.25) is 0 Å². The molecule has 18 heavy (non-hydrogen) atoms. The van der Waals surface area contributed by atoms with E-state index in [4.69, 9.17) is 5.73 Å². The van der Waals surface area contributed by atoms with Crippen LogP contribution in [-0.2, 0) is 4.79 Å². The van der Waals surface area contributed by atoms with Crippen LogP contribution in [0.15, 0.2) is 0 Å². The van der Waals surface area contributed by atoms with Crippen molar-refractivity contribution >= 4 is 30.1 Å². The van der Waals surface area contributed by atoms with Crippen molar-refractivity contribution in [2.24, 2.45) is 11.7 Å². The number of thioether (sulfide) groups is 1. The number of rotatable bonds is 3. The predicted molar refractivity (Wildman–Crippen MR) is 80.3 cm³/mol. The Labute approximate surface area is 120 Å². The number of nitrogens with two attached hydrogens (primary N) is 1. The number of halogens is 1. The normalized spacial score (nSPS) is 35.9. The molecule has 0 radical (unpaired) electrons. The van der Waals surface area contributed by atoms with Crippen molar-refractivity contribution in [2.45, 2.75) is 62.3 Å². The van der Waals surface area contributed by atoms with E-state index < -0.39 is 0 Å². The summed E-state index contributed by atoms with van der Waals surface area (Å²) >= 11 is 1.93. The van der Waals surface area contributed by atoms with Crippen LogP contribution in [0.3, 0.4) is 0 Å². The third-order valence-corrected chi connectivity index (χ3v) is 5.31. The van der Waals surface area contributed by atoms with Crippen molar-refractivity contribution in [3.63, 3.8) is 0 Å². The zero-order chi connectivity index (χ0) is 12.3. The van der Waals surface area contributed by atoms with Gasteiger partial charge in [0.15, 0.2) is 0 Å². The lowest BCUT2D eigenvalue weighted by atomic mass is 9.93. The van der Waals surface area contributed by atoms with Crippen LogP contribution < -0.4 is 11.1 Å². The molecular formula is C13H25ClN2OS. The zero-order valence-electron chi connectivity index (χ0n) is 11.1. The second-order valence-electron chi connectivity index (χ2n) is 5.43. The van der Waals surface area contributed by atoms with Gasteiger partial charge in [-0.05, 0) is 38.4 Å². The molecule has 0 aromatic rings. The van der Waals surface area contributed by atoms with Crippen molar-refractivity contribution in [1.29, 1.82) is 0 Å². The lowest BCUT2D eigenvalue weighted by Gasteiger charge is -2.30. The molecule has 0 bridgehead atoms. The monoisotopic (exact) mass is 292 g/mol.